The molecule has 1 heterocycles. The van der Waals surface area contributed by atoms with Gasteiger partial charge in [0.25, 0.3) is 0 Å². The maximum atomic E-state index is 5.74. The zero-order valence-corrected chi connectivity index (χ0v) is 10.8. The highest BCUT2D eigenvalue weighted by Gasteiger charge is 1.99. The average molecular weight is 242 g/mol. The molecule has 0 spiro atoms. The van der Waals surface area contributed by atoms with Gasteiger partial charge in [-0.2, -0.15) is 0 Å². The number of nitrogens with one attached hydrogen (secondary N) is 1. The van der Waals surface area contributed by atoms with E-state index < -0.39 is 0 Å². The van der Waals surface area contributed by atoms with Crippen molar-refractivity contribution in [2.45, 2.75) is 20.0 Å². The van der Waals surface area contributed by atoms with E-state index in [1.807, 2.05) is 37.4 Å². The summed E-state index contributed by atoms with van der Waals surface area (Å²) in [6, 6.07) is 14.0. The predicted octanol–water partition coefficient (Wildman–Crippen LogP) is 3.26. The Kier molecular flexibility index (Phi) is 4.18. The second-order valence-electron chi connectivity index (χ2n) is 4.05. The molecule has 0 bridgehead atoms. The number of pyridine rings is 1. The summed E-state index contributed by atoms with van der Waals surface area (Å²) in [6.45, 7) is 2.62. The second-order valence-corrected chi connectivity index (χ2v) is 4.05. The molecule has 1 aromatic carbocycles. The van der Waals surface area contributed by atoms with Gasteiger partial charge in [-0.05, 0) is 36.2 Å². The van der Waals surface area contributed by atoms with Gasteiger partial charge in [0.2, 0.25) is 0 Å². The molecule has 0 saturated carbocycles. The zero-order chi connectivity index (χ0) is 12.8. The molecule has 0 atom stereocenters. The molecule has 0 aliphatic carbocycles. The van der Waals surface area contributed by atoms with Gasteiger partial charge in [-0.3, -0.25) is 0 Å². The van der Waals surface area contributed by atoms with E-state index in [0.29, 0.717) is 6.61 Å². The first-order valence-electron chi connectivity index (χ1n) is 6.17. The number of ether oxygens (including phenoxy) is 1. The Hall–Kier alpha value is -2.03. The van der Waals surface area contributed by atoms with E-state index in [-0.39, 0.29) is 0 Å². The number of nitrogens with zero attached hydrogens (tertiary/aromatic N) is 1. The smallest absolute Gasteiger partial charge is 0.130 e. The summed E-state index contributed by atoms with van der Waals surface area (Å²) in [5, 5.41) is 3.02. The molecule has 0 radical (unpaired) electrons. The van der Waals surface area contributed by atoms with Crippen LogP contribution in [0.2, 0.25) is 0 Å². The van der Waals surface area contributed by atoms with Crippen LogP contribution in [0.5, 0.6) is 5.75 Å². The Morgan fingerprint density at radius 3 is 2.78 bits per heavy atom. The Morgan fingerprint density at radius 1 is 1.17 bits per heavy atom. The zero-order valence-electron chi connectivity index (χ0n) is 10.8. The highest BCUT2D eigenvalue weighted by atomic mass is 16.5. The standard InChI is InChI=1S/C15H18N2O/c1-3-12-6-4-8-14(10-12)18-11-13-7-5-9-15(16-2)17-13/h4-10H,3,11H2,1-2H3,(H,16,17). The molecule has 0 fully saturated rings. The Bertz CT molecular complexity index is 464. The summed E-state index contributed by atoms with van der Waals surface area (Å²) in [6.07, 6.45) is 1.02. The SMILES string of the molecule is CCc1cccc(OCc2cccc(NC)n2)c1. The van der Waals surface area contributed by atoms with Gasteiger partial charge in [0.15, 0.2) is 0 Å². The minimum atomic E-state index is 0.489. The number of aromatic nitrogens is 1. The number of benzene rings is 1. The molecular formula is C15H18N2O. The molecule has 0 aliphatic rings. The van der Waals surface area contributed by atoms with E-state index in [0.717, 1.165) is 23.7 Å². The van der Waals surface area contributed by atoms with E-state index in [9.17, 15) is 0 Å². The molecule has 3 heteroatoms. The van der Waals surface area contributed by atoms with E-state index in [2.05, 4.69) is 29.4 Å². The number of hydrogen-bond acceptors (Lipinski definition) is 3. The molecule has 18 heavy (non-hydrogen) atoms. The highest BCUT2D eigenvalue weighted by molar-refractivity contribution is 5.34. The van der Waals surface area contributed by atoms with Crippen LogP contribution in [0.4, 0.5) is 5.82 Å². The van der Waals surface area contributed by atoms with Crippen LogP contribution in [0, 0.1) is 0 Å². The Morgan fingerprint density at radius 2 is 2.00 bits per heavy atom. The lowest BCUT2D eigenvalue weighted by atomic mass is 10.2. The fourth-order valence-electron chi connectivity index (χ4n) is 1.71. The van der Waals surface area contributed by atoms with Crippen molar-refractivity contribution in [2.24, 2.45) is 0 Å². The van der Waals surface area contributed by atoms with Gasteiger partial charge < -0.3 is 10.1 Å². The third kappa shape index (κ3) is 3.23. The number of hydrogen-bond donors (Lipinski definition) is 1. The van der Waals surface area contributed by atoms with Gasteiger partial charge in [0, 0.05) is 7.05 Å². The van der Waals surface area contributed by atoms with Gasteiger partial charge in [-0.15, -0.1) is 0 Å². The Labute approximate surface area is 108 Å². The van der Waals surface area contributed by atoms with E-state index in [1.165, 1.54) is 5.56 Å². The minimum Gasteiger partial charge on any atom is -0.487 e. The Balaban J connectivity index is 2.01. The van der Waals surface area contributed by atoms with Gasteiger partial charge in [0.05, 0.1) is 5.69 Å². The summed E-state index contributed by atoms with van der Waals surface area (Å²) < 4.78 is 5.74. The van der Waals surface area contributed by atoms with Gasteiger partial charge >= 0.3 is 0 Å². The highest BCUT2D eigenvalue weighted by Crippen LogP contribution is 2.15. The van der Waals surface area contributed by atoms with Crippen LogP contribution in [-0.4, -0.2) is 12.0 Å². The van der Waals surface area contributed by atoms with Gasteiger partial charge in [-0.1, -0.05) is 25.1 Å². The first-order valence-corrected chi connectivity index (χ1v) is 6.17. The fraction of sp³-hybridized carbons (Fsp3) is 0.267. The fourth-order valence-corrected chi connectivity index (χ4v) is 1.71. The van der Waals surface area contributed by atoms with Gasteiger partial charge in [0.1, 0.15) is 18.2 Å². The monoisotopic (exact) mass is 242 g/mol. The summed E-state index contributed by atoms with van der Waals surface area (Å²) in [5.41, 5.74) is 2.20. The minimum absolute atomic E-state index is 0.489. The first kappa shape index (κ1) is 12.4. The quantitative estimate of drug-likeness (QED) is 0.873. The molecule has 1 N–H and O–H groups in total. The van der Waals surface area contributed by atoms with Gasteiger partial charge in [-0.25, -0.2) is 4.98 Å². The molecule has 1 aromatic heterocycles. The molecule has 2 rings (SSSR count). The van der Waals surface area contributed by atoms with Crippen LogP contribution in [0.1, 0.15) is 18.2 Å². The van der Waals surface area contributed by atoms with Crippen molar-refractivity contribution in [3.63, 3.8) is 0 Å². The third-order valence-electron chi connectivity index (χ3n) is 2.76. The van der Waals surface area contributed by atoms with E-state index >= 15 is 0 Å². The van der Waals surface area contributed by atoms with E-state index in [1.54, 1.807) is 0 Å². The summed E-state index contributed by atoms with van der Waals surface area (Å²) >= 11 is 0. The lowest BCUT2D eigenvalue weighted by molar-refractivity contribution is 0.301. The maximum Gasteiger partial charge on any atom is 0.130 e. The van der Waals surface area contributed by atoms with Crippen LogP contribution < -0.4 is 10.1 Å². The topological polar surface area (TPSA) is 34.1 Å². The number of aryl methyl sites for hydroxylation is 1. The second kappa shape index (κ2) is 6.05. The largest absolute Gasteiger partial charge is 0.487 e. The van der Waals surface area contributed by atoms with Crippen LogP contribution in [0.15, 0.2) is 42.5 Å². The molecule has 3 nitrogen and oxygen atoms in total. The molecule has 94 valence electrons. The van der Waals surface area contributed by atoms with Crippen molar-refractivity contribution in [3.05, 3.63) is 53.7 Å². The normalized spacial score (nSPS) is 10.1. The van der Waals surface area contributed by atoms with Crippen LogP contribution in [0.25, 0.3) is 0 Å². The molecule has 0 saturated heterocycles. The summed E-state index contributed by atoms with van der Waals surface area (Å²) in [7, 11) is 1.86. The molecule has 0 unspecified atom stereocenters. The van der Waals surface area contributed by atoms with Crippen molar-refractivity contribution in [2.75, 3.05) is 12.4 Å². The van der Waals surface area contributed by atoms with Crippen LogP contribution >= 0.6 is 0 Å². The van der Waals surface area contributed by atoms with E-state index in [4.69, 9.17) is 4.74 Å². The van der Waals surface area contributed by atoms with Crippen LogP contribution in [0.3, 0.4) is 0 Å². The van der Waals surface area contributed by atoms with Crippen molar-refractivity contribution in [1.82, 2.24) is 4.98 Å². The molecule has 2 aromatic rings. The predicted molar refractivity (Wildman–Crippen MR) is 73.9 cm³/mol. The number of anilines is 1. The summed E-state index contributed by atoms with van der Waals surface area (Å²) in [4.78, 5) is 4.41. The van der Waals surface area contributed by atoms with Crippen LogP contribution in [-0.2, 0) is 13.0 Å². The molecule has 0 amide bonds. The average Bonchev–Trinajstić information content (AvgIpc) is 2.45. The maximum absolute atomic E-state index is 5.74. The third-order valence-corrected chi connectivity index (χ3v) is 2.76. The molecule has 0 aliphatic heterocycles. The molecular weight excluding hydrogens is 224 g/mol. The summed E-state index contributed by atoms with van der Waals surface area (Å²) in [5.74, 6) is 1.75. The van der Waals surface area contributed by atoms with Crippen molar-refractivity contribution < 1.29 is 4.74 Å². The van der Waals surface area contributed by atoms with Crippen molar-refractivity contribution in [1.29, 1.82) is 0 Å². The van der Waals surface area contributed by atoms with Crippen molar-refractivity contribution >= 4 is 5.82 Å². The number of rotatable bonds is 5. The first-order chi connectivity index (χ1) is 8.81. The van der Waals surface area contributed by atoms with Crippen molar-refractivity contribution in [3.8, 4) is 5.75 Å². The lowest BCUT2D eigenvalue weighted by Crippen LogP contribution is -2.01. The lowest BCUT2D eigenvalue weighted by Gasteiger charge is -2.08.